The fraction of sp³-hybridized carbons (Fsp3) is 0.139. The molecule has 0 saturated carbocycles. The van der Waals surface area contributed by atoms with Crippen LogP contribution >= 0.6 is 0 Å². The number of aromatic hydroxyl groups is 3. The lowest BCUT2D eigenvalue weighted by molar-refractivity contribution is 0.0977. The van der Waals surface area contributed by atoms with Gasteiger partial charge in [-0.1, -0.05) is 97.1 Å². The van der Waals surface area contributed by atoms with E-state index in [-0.39, 0.29) is 17.7 Å². The molecule has 0 aliphatic heterocycles. The summed E-state index contributed by atoms with van der Waals surface area (Å²) in [5, 5.41) is 30.1. The molecule has 206 valence electrons. The van der Waals surface area contributed by atoms with Crippen molar-refractivity contribution in [1.82, 2.24) is 0 Å². The number of carbonyl (C=O) groups is 1. The van der Waals surface area contributed by atoms with Crippen LogP contribution in [-0.4, -0.2) is 21.1 Å². The molecule has 0 bridgehead atoms. The highest BCUT2D eigenvalue weighted by atomic mass is 16.5. The zero-order valence-corrected chi connectivity index (χ0v) is 22.7. The maximum atomic E-state index is 13.1. The number of Topliss-reactive ketones (excluding diaryl/α,β-unsaturated/α-hetero) is 1. The van der Waals surface area contributed by atoms with E-state index in [0.717, 1.165) is 51.3 Å². The van der Waals surface area contributed by atoms with Gasteiger partial charge in [0.25, 0.3) is 0 Å². The van der Waals surface area contributed by atoms with Gasteiger partial charge in [-0.3, -0.25) is 4.79 Å². The number of rotatable bonds is 11. The molecule has 41 heavy (non-hydrogen) atoms. The lowest BCUT2D eigenvalue weighted by Gasteiger charge is -2.20. The summed E-state index contributed by atoms with van der Waals surface area (Å²) in [6.45, 7) is 0.435. The molecule has 0 fully saturated rings. The molecule has 0 aliphatic rings. The largest absolute Gasteiger partial charge is 0.508 e. The molecule has 5 aromatic rings. The van der Waals surface area contributed by atoms with Gasteiger partial charge in [-0.15, -0.1) is 0 Å². The van der Waals surface area contributed by atoms with Gasteiger partial charge in [-0.05, 0) is 46.7 Å². The third kappa shape index (κ3) is 6.95. The number of hydrogen-bond donors (Lipinski definition) is 3. The molecule has 0 aliphatic carbocycles. The zero-order chi connectivity index (χ0) is 28.6. The number of carbonyl (C=O) groups excluding carboxylic acids is 1. The van der Waals surface area contributed by atoms with E-state index in [9.17, 15) is 20.1 Å². The Labute approximate surface area is 240 Å². The smallest absolute Gasteiger partial charge is 0.170 e. The second-order valence-corrected chi connectivity index (χ2v) is 10.1. The molecule has 0 amide bonds. The lowest BCUT2D eigenvalue weighted by Crippen LogP contribution is -2.09. The summed E-state index contributed by atoms with van der Waals surface area (Å²) in [7, 11) is 0. The van der Waals surface area contributed by atoms with E-state index in [1.807, 2.05) is 78.9 Å². The molecule has 0 heterocycles. The Hall–Kier alpha value is -5.03. The van der Waals surface area contributed by atoms with Crippen molar-refractivity contribution in [2.24, 2.45) is 0 Å². The van der Waals surface area contributed by atoms with Crippen LogP contribution in [0, 0.1) is 0 Å². The molecule has 0 spiro atoms. The van der Waals surface area contributed by atoms with Crippen molar-refractivity contribution >= 4 is 5.78 Å². The van der Waals surface area contributed by atoms with Crippen LogP contribution in [0.15, 0.2) is 115 Å². The predicted molar refractivity (Wildman–Crippen MR) is 160 cm³/mol. The van der Waals surface area contributed by atoms with Crippen LogP contribution in [0.1, 0.15) is 50.2 Å². The fourth-order valence-electron chi connectivity index (χ4n) is 5.10. The van der Waals surface area contributed by atoms with E-state index in [2.05, 4.69) is 24.3 Å². The number of ketones is 1. The van der Waals surface area contributed by atoms with Gasteiger partial charge in [0, 0.05) is 30.5 Å². The van der Waals surface area contributed by atoms with Gasteiger partial charge in [0.2, 0.25) is 0 Å². The van der Waals surface area contributed by atoms with Gasteiger partial charge in [-0.25, -0.2) is 0 Å². The number of hydrogen-bond acceptors (Lipinski definition) is 5. The number of phenolic OH excluding ortho intramolecular Hbond substituents is 3. The maximum absolute atomic E-state index is 13.1. The van der Waals surface area contributed by atoms with Gasteiger partial charge in [0.1, 0.15) is 35.2 Å². The molecule has 0 unspecified atom stereocenters. The quantitative estimate of drug-likeness (QED) is 0.151. The molecule has 0 atom stereocenters. The molecule has 5 rings (SSSR count). The molecule has 0 radical (unpaired) electrons. The molecule has 3 N–H and O–H groups in total. The highest BCUT2D eigenvalue weighted by Crippen LogP contribution is 2.35. The van der Waals surface area contributed by atoms with E-state index >= 15 is 0 Å². The molecule has 5 heteroatoms. The van der Waals surface area contributed by atoms with Crippen LogP contribution in [0.2, 0.25) is 0 Å². The van der Waals surface area contributed by atoms with Crippen molar-refractivity contribution in [3.05, 3.63) is 154 Å². The predicted octanol–water partition coefficient (Wildman–Crippen LogP) is 7.38. The van der Waals surface area contributed by atoms with Gasteiger partial charge in [-0.2, -0.15) is 0 Å². The summed E-state index contributed by atoms with van der Waals surface area (Å²) in [6.07, 6.45) is 1.80. The first kappa shape index (κ1) is 27.5. The number of ether oxygens (including phenoxy) is 1. The van der Waals surface area contributed by atoms with Crippen molar-refractivity contribution in [1.29, 1.82) is 0 Å². The summed E-state index contributed by atoms with van der Waals surface area (Å²) in [5.41, 5.74) is 6.35. The molecule has 0 saturated heterocycles. The minimum atomic E-state index is -0.438. The molecule has 0 aromatic heterocycles. The third-order valence-electron chi connectivity index (χ3n) is 7.15. The van der Waals surface area contributed by atoms with E-state index in [4.69, 9.17) is 4.74 Å². The Kier molecular flexibility index (Phi) is 8.65. The van der Waals surface area contributed by atoms with Gasteiger partial charge >= 0.3 is 0 Å². The number of aryl methyl sites for hydroxylation is 1. The maximum Gasteiger partial charge on any atom is 0.170 e. The van der Waals surface area contributed by atoms with Crippen molar-refractivity contribution in [3.8, 4) is 23.0 Å². The normalized spacial score (nSPS) is 10.8. The Morgan fingerprint density at radius 2 is 1.12 bits per heavy atom. The van der Waals surface area contributed by atoms with Crippen LogP contribution in [0.3, 0.4) is 0 Å². The van der Waals surface area contributed by atoms with Crippen LogP contribution in [0.4, 0.5) is 0 Å². The molecular formula is C36H32O5. The Balaban J connectivity index is 1.52. The monoisotopic (exact) mass is 544 g/mol. The average Bonchev–Trinajstić information content (AvgIpc) is 2.98. The number of benzene rings is 5. The first-order chi connectivity index (χ1) is 20.0. The Morgan fingerprint density at radius 3 is 1.68 bits per heavy atom. The minimum absolute atomic E-state index is 0.0721. The van der Waals surface area contributed by atoms with Crippen molar-refractivity contribution in [2.45, 2.75) is 32.3 Å². The lowest BCUT2D eigenvalue weighted by atomic mass is 9.88. The average molecular weight is 545 g/mol. The standard InChI is InChI=1S/C36H32O5/c37-29-22-33(39)36(34(40)23-29)32(38)18-16-28-17-19-35(41-24-27-14-8-3-9-15-27)31(21-26-12-6-2-7-13-26)30(28)20-25-10-4-1-5-11-25/h1-15,17,19,22-23,37,39-40H,16,18,20-21,24H2. The Bertz CT molecular complexity index is 1590. The first-order valence-electron chi connectivity index (χ1n) is 13.6. The summed E-state index contributed by atoms with van der Waals surface area (Å²) < 4.78 is 6.41. The van der Waals surface area contributed by atoms with E-state index in [1.165, 1.54) is 0 Å². The van der Waals surface area contributed by atoms with Crippen molar-refractivity contribution < 1.29 is 24.9 Å². The summed E-state index contributed by atoms with van der Waals surface area (Å²) in [5.74, 6) is -0.788. The van der Waals surface area contributed by atoms with Crippen molar-refractivity contribution in [2.75, 3.05) is 0 Å². The topological polar surface area (TPSA) is 87.0 Å². The Morgan fingerprint density at radius 1 is 0.610 bits per heavy atom. The highest BCUT2D eigenvalue weighted by molar-refractivity contribution is 6.01. The van der Waals surface area contributed by atoms with Gasteiger partial charge in [0.05, 0.1) is 0 Å². The van der Waals surface area contributed by atoms with Crippen molar-refractivity contribution in [3.63, 3.8) is 0 Å². The summed E-state index contributed by atoms with van der Waals surface area (Å²) >= 11 is 0. The van der Waals surface area contributed by atoms with Crippen LogP contribution in [0.5, 0.6) is 23.0 Å². The highest BCUT2D eigenvalue weighted by Gasteiger charge is 2.20. The second kappa shape index (κ2) is 12.9. The van der Waals surface area contributed by atoms with Crippen LogP contribution in [-0.2, 0) is 25.9 Å². The van der Waals surface area contributed by atoms with E-state index < -0.39 is 17.3 Å². The van der Waals surface area contributed by atoms with Gasteiger partial charge in [0.15, 0.2) is 5.78 Å². The summed E-state index contributed by atoms with van der Waals surface area (Å²) in [6, 6.07) is 36.6. The van der Waals surface area contributed by atoms with Gasteiger partial charge < -0.3 is 20.1 Å². The fourth-order valence-corrected chi connectivity index (χ4v) is 5.10. The third-order valence-corrected chi connectivity index (χ3v) is 7.15. The summed E-state index contributed by atoms with van der Waals surface area (Å²) in [4.78, 5) is 13.1. The van der Waals surface area contributed by atoms with Crippen LogP contribution in [0.25, 0.3) is 0 Å². The first-order valence-corrected chi connectivity index (χ1v) is 13.6. The second-order valence-electron chi connectivity index (χ2n) is 10.1. The van der Waals surface area contributed by atoms with Crippen LogP contribution < -0.4 is 4.74 Å². The number of phenols is 3. The minimum Gasteiger partial charge on any atom is -0.508 e. The van der Waals surface area contributed by atoms with E-state index in [1.54, 1.807) is 0 Å². The van der Waals surface area contributed by atoms with E-state index in [0.29, 0.717) is 25.9 Å². The molecular weight excluding hydrogens is 512 g/mol. The zero-order valence-electron chi connectivity index (χ0n) is 22.7. The molecule has 5 aromatic carbocycles. The molecule has 5 nitrogen and oxygen atoms in total. The SMILES string of the molecule is O=C(CCc1ccc(OCc2ccccc2)c(Cc2ccccc2)c1Cc1ccccc1)c1c(O)cc(O)cc1O.